The van der Waals surface area contributed by atoms with E-state index in [2.05, 4.69) is 48.7 Å². The summed E-state index contributed by atoms with van der Waals surface area (Å²) in [6, 6.07) is 14.4. The van der Waals surface area contributed by atoms with E-state index in [0.29, 0.717) is 5.56 Å². The predicted octanol–water partition coefficient (Wildman–Crippen LogP) is 3.59. The number of anilines is 1. The molecule has 128 valence electrons. The summed E-state index contributed by atoms with van der Waals surface area (Å²) in [6.45, 7) is 6.37. The Morgan fingerprint density at radius 3 is 2.46 bits per heavy atom. The molecule has 3 N–H and O–H groups in total. The van der Waals surface area contributed by atoms with Crippen LogP contribution >= 0.6 is 0 Å². The number of aliphatic hydroxyl groups excluding tert-OH is 1. The maximum Gasteiger partial charge on any atom is 0.251 e. The number of aryl methyl sites for hydroxylation is 1. The highest BCUT2D eigenvalue weighted by atomic mass is 16.3. The highest BCUT2D eigenvalue weighted by Crippen LogP contribution is 2.26. The molecule has 0 aliphatic rings. The fourth-order valence-corrected chi connectivity index (χ4v) is 2.71. The van der Waals surface area contributed by atoms with Crippen molar-refractivity contribution >= 4 is 11.6 Å². The summed E-state index contributed by atoms with van der Waals surface area (Å²) in [5.74, 6) is -0.159. The van der Waals surface area contributed by atoms with Gasteiger partial charge in [-0.15, -0.1) is 0 Å². The fraction of sp³-hybridized carbons (Fsp3) is 0.350. The lowest BCUT2D eigenvalue weighted by atomic mass is 10.0. The average molecular weight is 326 g/mol. The lowest BCUT2D eigenvalue weighted by molar-refractivity contribution is 0.0944. The van der Waals surface area contributed by atoms with Crippen LogP contribution in [0.15, 0.2) is 42.5 Å². The van der Waals surface area contributed by atoms with E-state index in [1.807, 2.05) is 19.1 Å². The number of carbonyl (C=O) groups excluding carboxylic acids is 1. The van der Waals surface area contributed by atoms with Crippen LogP contribution in [0.1, 0.15) is 46.4 Å². The normalized spacial score (nSPS) is 11.8. The minimum atomic E-state index is -0.159. The summed E-state index contributed by atoms with van der Waals surface area (Å²) in [5, 5.41) is 15.1. The number of hydrogen-bond acceptors (Lipinski definition) is 3. The second-order valence-electron chi connectivity index (χ2n) is 5.97. The number of hydrogen-bond donors (Lipinski definition) is 3. The van der Waals surface area contributed by atoms with Crippen LogP contribution in [-0.4, -0.2) is 24.2 Å². The second-order valence-corrected chi connectivity index (χ2v) is 5.97. The van der Waals surface area contributed by atoms with Crippen LogP contribution < -0.4 is 10.6 Å². The van der Waals surface area contributed by atoms with E-state index >= 15 is 0 Å². The number of carbonyl (C=O) groups is 1. The van der Waals surface area contributed by atoms with Crippen molar-refractivity contribution in [2.75, 3.05) is 18.5 Å². The third-order valence-electron chi connectivity index (χ3n) is 4.19. The number of benzene rings is 2. The van der Waals surface area contributed by atoms with Crippen molar-refractivity contribution in [3.05, 3.63) is 64.7 Å². The van der Waals surface area contributed by atoms with Gasteiger partial charge in [-0.3, -0.25) is 4.79 Å². The topological polar surface area (TPSA) is 61.4 Å². The second kappa shape index (κ2) is 8.50. The molecular formula is C20H26N2O2. The number of amides is 1. The number of aliphatic hydroxyl groups is 1. The van der Waals surface area contributed by atoms with Gasteiger partial charge in [-0.25, -0.2) is 0 Å². The first-order valence-electron chi connectivity index (χ1n) is 8.38. The van der Waals surface area contributed by atoms with E-state index < -0.39 is 0 Å². The van der Waals surface area contributed by atoms with Gasteiger partial charge >= 0.3 is 0 Å². The molecule has 2 aromatic rings. The first-order chi connectivity index (χ1) is 11.6. The van der Waals surface area contributed by atoms with E-state index in [1.54, 1.807) is 6.07 Å². The molecule has 0 saturated carbocycles. The van der Waals surface area contributed by atoms with Crippen LogP contribution in [0.2, 0.25) is 0 Å². The Kier molecular flexibility index (Phi) is 6.38. The Hall–Kier alpha value is -2.33. The molecule has 0 aliphatic carbocycles. The quantitative estimate of drug-likeness (QED) is 0.729. The Morgan fingerprint density at radius 2 is 1.83 bits per heavy atom. The van der Waals surface area contributed by atoms with Crippen LogP contribution in [-0.2, 0) is 0 Å². The molecule has 0 aromatic heterocycles. The SMILES string of the molecule is CCC(Nc1cccc(C(=O)NCCO)c1C)c1ccc(C)cc1. The molecule has 24 heavy (non-hydrogen) atoms. The zero-order chi connectivity index (χ0) is 17.5. The van der Waals surface area contributed by atoms with E-state index in [9.17, 15) is 4.79 Å². The summed E-state index contributed by atoms with van der Waals surface area (Å²) >= 11 is 0. The van der Waals surface area contributed by atoms with E-state index in [-0.39, 0.29) is 25.1 Å². The highest BCUT2D eigenvalue weighted by Gasteiger charge is 2.14. The highest BCUT2D eigenvalue weighted by molar-refractivity contribution is 5.97. The third-order valence-corrected chi connectivity index (χ3v) is 4.19. The number of rotatable bonds is 7. The minimum Gasteiger partial charge on any atom is -0.395 e. The summed E-state index contributed by atoms with van der Waals surface area (Å²) in [5.41, 5.74) is 4.98. The molecule has 2 aromatic carbocycles. The van der Waals surface area contributed by atoms with Crippen molar-refractivity contribution in [3.63, 3.8) is 0 Å². The lowest BCUT2D eigenvalue weighted by Gasteiger charge is -2.21. The Bertz CT molecular complexity index is 681. The van der Waals surface area contributed by atoms with Gasteiger partial charge in [0.2, 0.25) is 0 Å². The molecule has 0 spiro atoms. The molecule has 0 heterocycles. The molecule has 0 saturated heterocycles. The van der Waals surface area contributed by atoms with Gasteiger partial charge in [0.05, 0.1) is 12.6 Å². The first-order valence-corrected chi connectivity index (χ1v) is 8.38. The first kappa shape index (κ1) is 18.0. The largest absolute Gasteiger partial charge is 0.395 e. The Labute approximate surface area is 143 Å². The predicted molar refractivity (Wildman–Crippen MR) is 98.4 cm³/mol. The average Bonchev–Trinajstić information content (AvgIpc) is 2.59. The van der Waals surface area contributed by atoms with Gasteiger partial charge in [-0.2, -0.15) is 0 Å². The molecule has 4 heteroatoms. The molecule has 0 aliphatic heterocycles. The molecule has 1 amide bonds. The van der Waals surface area contributed by atoms with Crippen molar-refractivity contribution in [2.24, 2.45) is 0 Å². The monoisotopic (exact) mass is 326 g/mol. The molecule has 1 unspecified atom stereocenters. The maximum absolute atomic E-state index is 12.2. The maximum atomic E-state index is 12.2. The van der Waals surface area contributed by atoms with Crippen LogP contribution in [0.3, 0.4) is 0 Å². The van der Waals surface area contributed by atoms with Crippen LogP contribution in [0.4, 0.5) is 5.69 Å². The molecule has 0 radical (unpaired) electrons. The minimum absolute atomic E-state index is 0.0614. The zero-order valence-electron chi connectivity index (χ0n) is 14.6. The van der Waals surface area contributed by atoms with E-state index in [4.69, 9.17) is 5.11 Å². The molecule has 0 bridgehead atoms. The smallest absolute Gasteiger partial charge is 0.251 e. The summed E-state index contributed by atoms with van der Waals surface area (Å²) in [6.07, 6.45) is 0.948. The van der Waals surface area contributed by atoms with Gasteiger partial charge in [-0.1, -0.05) is 42.8 Å². The van der Waals surface area contributed by atoms with Crippen LogP contribution in [0.5, 0.6) is 0 Å². The van der Waals surface area contributed by atoms with Crippen molar-refractivity contribution < 1.29 is 9.90 Å². The van der Waals surface area contributed by atoms with E-state index in [0.717, 1.165) is 17.7 Å². The molecule has 2 rings (SSSR count). The van der Waals surface area contributed by atoms with Gasteiger partial charge in [-0.05, 0) is 43.5 Å². The summed E-state index contributed by atoms with van der Waals surface area (Å²) < 4.78 is 0. The van der Waals surface area contributed by atoms with Gasteiger partial charge in [0.1, 0.15) is 0 Å². The molecule has 0 fully saturated rings. The molecular weight excluding hydrogens is 300 g/mol. The Morgan fingerprint density at radius 1 is 1.12 bits per heavy atom. The fourth-order valence-electron chi connectivity index (χ4n) is 2.71. The Balaban J connectivity index is 2.22. The van der Waals surface area contributed by atoms with Crippen LogP contribution in [0, 0.1) is 13.8 Å². The number of nitrogens with one attached hydrogen (secondary N) is 2. The van der Waals surface area contributed by atoms with Crippen molar-refractivity contribution in [3.8, 4) is 0 Å². The van der Waals surface area contributed by atoms with Gasteiger partial charge in [0.25, 0.3) is 5.91 Å². The van der Waals surface area contributed by atoms with Crippen molar-refractivity contribution in [1.82, 2.24) is 5.32 Å². The third kappa shape index (κ3) is 4.36. The molecule has 1 atom stereocenters. The summed E-state index contributed by atoms with van der Waals surface area (Å²) in [4.78, 5) is 12.2. The van der Waals surface area contributed by atoms with Crippen molar-refractivity contribution in [2.45, 2.75) is 33.2 Å². The van der Waals surface area contributed by atoms with Gasteiger partial charge in [0.15, 0.2) is 0 Å². The zero-order valence-corrected chi connectivity index (χ0v) is 14.6. The lowest BCUT2D eigenvalue weighted by Crippen LogP contribution is -2.27. The van der Waals surface area contributed by atoms with E-state index in [1.165, 1.54) is 11.1 Å². The standard InChI is InChI=1S/C20H26N2O2/c1-4-18(16-10-8-14(2)9-11-16)22-19-7-5-6-17(15(19)3)20(24)21-12-13-23/h5-11,18,22-23H,4,12-13H2,1-3H3,(H,21,24). The van der Waals surface area contributed by atoms with Crippen molar-refractivity contribution in [1.29, 1.82) is 0 Å². The summed E-state index contributed by atoms with van der Waals surface area (Å²) in [7, 11) is 0. The van der Waals surface area contributed by atoms with Gasteiger partial charge in [0, 0.05) is 17.8 Å². The van der Waals surface area contributed by atoms with Crippen LogP contribution in [0.25, 0.3) is 0 Å². The van der Waals surface area contributed by atoms with Gasteiger partial charge < -0.3 is 15.7 Å². The molecule has 4 nitrogen and oxygen atoms in total.